The summed E-state index contributed by atoms with van der Waals surface area (Å²) < 4.78 is 5.93. The number of para-hydroxylation sites is 2. The average molecular weight is 418 g/mol. The van der Waals surface area contributed by atoms with Gasteiger partial charge < -0.3 is 14.2 Å². The van der Waals surface area contributed by atoms with E-state index in [2.05, 4.69) is 52.0 Å². The number of hydrogen-bond acceptors (Lipinski definition) is 4. The van der Waals surface area contributed by atoms with Crippen LogP contribution in [0.4, 0.5) is 6.01 Å². The lowest BCUT2D eigenvalue weighted by molar-refractivity contribution is -0.137. The van der Waals surface area contributed by atoms with E-state index in [0.717, 1.165) is 62.8 Å². The van der Waals surface area contributed by atoms with Gasteiger partial charge in [0.15, 0.2) is 5.58 Å². The van der Waals surface area contributed by atoms with E-state index in [1.807, 2.05) is 24.3 Å². The molecule has 3 aromatic rings. The largest absolute Gasteiger partial charge is 0.423 e. The molecular formula is C26H31N3O2. The van der Waals surface area contributed by atoms with Crippen LogP contribution in [-0.2, 0) is 4.79 Å². The number of oxazole rings is 1. The highest BCUT2D eigenvalue weighted by Crippen LogP contribution is 2.36. The van der Waals surface area contributed by atoms with Gasteiger partial charge in [-0.15, -0.1) is 0 Å². The van der Waals surface area contributed by atoms with Gasteiger partial charge >= 0.3 is 0 Å². The summed E-state index contributed by atoms with van der Waals surface area (Å²) in [5.41, 5.74) is 3.07. The van der Waals surface area contributed by atoms with Gasteiger partial charge in [0.25, 0.3) is 6.01 Å². The molecule has 1 amide bonds. The monoisotopic (exact) mass is 417 g/mol. The van der Waals surface area contributed by atoms with E-state index in [4.69, 9.17) is 4.42 Å². The van der Waals surface area contributed by atoms with E-state index in [-0.39, 0.29) is 5.92 Å². The zero-order chi connectivity index (χ0) is 21.2. The topological polar surface area (TPSA) is 49.6 Å². The summed E-state index contributed by atoms with van der Waals surface area (Å²) in [6, 6.07) is 19.6. The van der Waals surface area contributed by atoms with Gasteiger partial charge in [0.2, 0.25) is 5.91 Å². The van der Waals surface area contributed by atoms with Gasteiger partial charge in [0.1, 0.15) is 5.52 Å². The Morgan fingerprint density at radius 2 is 1.77 bits per heavy atom. The number of piperidine rings is 1. The quantitative estimate of drug-likeness (QED) is 0.570. The molecule has 2 fully saturated rings. The van der Waals surface area contributed by atoms with Gasteiger partial charge in [-0.1, -0.05) is 49.4 Å². The third-order valence-electron chi connectivity index (χ3n) is 7.11. The number of anilines is 1. The molecule has 3 heterocycles. The SMILES string of the molecule is CC[C@@H](c1ccccc1)[C@@H]1CCCN1C(=O)C1CCN(c2nc3ccccc3o2)CC1. The molecule has 2 saturated heterocycles. The standard InChI is InChI=1S/C26H31N3O2/c1-2-21(19-9-4-3-5-10-19)23-12-8-16-29(23)25(30)20-14-17-28(18-15-20)26-27-22-11-6-7-13-24(22)31-26/h3-7,9-11,13,20-21,23H,2,8,12,14-18H2,1H3/t21-,23-/m0/s1. The van der Waals surface area contributed by atoms with Crippen molar-refractivity contribution in [2.45, 2.75) is 51.0 Å². The lowest BCUT2D eigenvalue weighted by Gasteiger charge is -2.36. The van der Waals surface area contributed by atoms with Crippen LogP contribution < -0.4 is 4.90 Å². The summed E-state index contributed by atoms with van der Waals surface area (Å²) in [4.78, 5) is 22.5. The Morgan fingerprint density at radius 3 is 2.52 bits per heavy atom. The molecule has 0 radical (unpaired) electrons. The minimum atomic E-state index is 0.106. The summed E-state index contributed by atoms with van der Waals surface area (Å²) in [5, 5.41) is 0. The van der Waals surface area contributed by atoms with E-state index in [0.29, 0.717) is 23.9 Å². The number of fused-ring (bicyclic) bond motifs is 1. The Balaban J connectivity index is 1.25. The fourth-order valence-corrected chi connectivity index (χ4v) is 5.46. The van der Waals surface area contributed by atoms with Crippen molar-refractivity contribution in [1.29, 1.82) is 0 Å². The minimum absolute atomic E-state index is 0.106. The second-order valence-electron chi connectivity index (χ2n) is 8.89. The van der Waals surface area contributed by atoms with Crippen LogP contribution in [0.2, 0.25) is 0 Å². The van der Waals surface area contributed by atoms with E-state index in [9.17, 15) is 4.79 Å². The molecule has 5 heteroatoms. The molecule has 0 bridgehead atoms. The maximum Gasteiger partial charge on any atom is 0.298 e. The first kappa shape index (κ1) is 20.1. The highest BCUT2D eigenvalue weighted by Gasteiger charge is 2.38. The lowest BCUT2D eigenvalue weighted by atomic mass is 9.86. The number of amides is 1. The van der Waals surface area contributed by atoms with Crippen molar-refractivity contribution in [2.75, 3.05) is 24.5 Å². The molecule has 2 aliphatic heterocycles. The molecule has 2 aromatic carbocycles. The van der Waals surface area contributed by atoms with Crippen molar-refractivity contribution >= 4 is 23.0 Å². The molecule has 31 heavy (non-hydrogen) atoms. The lowest BCUT2D eigenvalue weighted by Crippen LogP contribution is -2.46. The normalized spacial score (nSPS) is 21.0. The number of benzene rings is 2. The van der Waals surface area contributed by atoms with Gasteiger partial charge in [-0.2, -0.15) is 4.98 Å². The fraction of sp³-hybridized carbons (Fsp3) is 0.462. The van der Waals surface area contributed by atoms with Crippen LogP contribution in [-0.4, -0.2) is 41.5 Å². The summed E-state index contributed by atoms with van der Waals surface area (Å²) in [7, 11) is 0. The molecule has 0 saturated carbocycles. The molecule has 0 N–H and O–H groups in total. The number of nitrogens with zero attached hydrogens (tertiary/aromatic N) is 3. The van der Waals surface area contributed by atoms with Crippen LogP contribution >= 0.6 is 0 Å². The van der Waals surface area contributed by atoms with E-state index in [1.165, 1.54) is 5.56 Å². The van der Waals surface area contributed by atoms with E-state index >= 15 is 0 Å². The van der Waals surface area contributed by atoms with Crippen molar-refractivity contribution in [2.24, 2.45) is 5.92 Å². The molecular weight excluding hydrogens is 386 g/mol. The van der Waals surface area contributed by atoms with Crippen LogP contribution in [0.25, 0.3) is 11.1 Å². The molecule has 162 valence electrons. The Bertz CT molecular complexity index is 990. The molecule has 5 nitrogen and oxygen atoms in total. The Kier molecular flexibility index (Phi) is 5.66. The van der Waals surface area contributed by atoms with Crippen molar-refractivity contribution in [1.82, 2.24) is 9.88 Å². The Labute approximate surface area is 184 Å². The summed E-state index contributed by atoms with van der Waals surface area (Å²) >= 11 is 0. The van der Waals surface area contributed by atoms with E-state index < -0.39 is 0 Å². The highest BCUT2D eigenvalue weighted by molar-refractivity contribution is 5.80. The highest BCUT2D eigenvalue weighted by atomic mass is 16.4. The number of carbonyl (C=O) groups excluding carboxylic acids is 1. The number of rotatable bonds is 5. The van der Waals surface area contributed by atoms with Crippen LogP contribution in [0.3, 0.4) is 0 Å². The summed E-state index contributed by atoms with van der Waals surface area (Å²) in [5.74, 6) is 0.885. The van der Waals surface area contributed by atoms with Gasteiger partial charge in [-0.25, -0.2) is 0 Å². The minimum Gasteiger partial charge on any atom is -0.423 e. The average Bonchev–Trinajstić information content (AvgIpc) is 3.47. The third kappa shape index (κ3) is 3.93. The molecule has 0 unspecified atom stereocenters. The number of hydrogen-bond donors (Lipinski definition) is 0. The molecule has 2 aliphatic rings. The Hall–Kier alpha value is -2.82. The van der Waals surface area contributed by atoms with Crippen molar-refractivity contribution in [3.63, 3.8) is 0 Å². The van der Waals surface area contributed by atoms with Crippen LogP contribution in [0.5, 0.6) is 0 Å². The Morgan fingerprint density at radius 1 is 1.03 bits per heavy atom. The molecule has 0 aliphatic carbocycles. The summed E-state index contributed by atoms with van der Waals surface area (Å²) in [6.07, 6.45) is 5.02. The first-order chi connectivity index (χ1) is 15.2. The third-order valence-corrected chi connectivity index (χ3v) is 7.11. The predicted octanol–water partition coefficient (Wildman–Crippen LogP) is 5.23. The molecule has 2 atom stereocenters. The van der Waals surface area contributed by atoms with E-state index in [1.54, 1.807) is 0 Å². The first-order valence-electron chi connectivity index (χ1n) is 11.7. The second kappa shape index (κ2) is 8.74. The van der Waals surface area contributed by atoms with Crippen molar-refractivity contribution < 1.29 is 9.21 Å². The summed E-state index contributed by atoms with van der Waals surface area (Å²) in [6.45, 7) is 4.78. The van der Waals surface area contributed by atoms with Crippen LogP contribution in [0, 0.1) is 5.92 Å². The second-order valence-corrected chi connectivity index (χ2v) is 8.89. The molecule has 5 rings (SSSR count). The van der Waals surface area contributed by atoms with Crippen LogP contribution in [0.15, 0.2) is 59.0 Å². The maximum atomic E-state index is 13.5. The van der Waals surface area contributed by atoms with Crippen molar-refractivity contribution in [3.05, 3.63) is 60.2 Å². The van der Waals surface area contributed by atoms with Crippen molar-refractivity contribution in [3.8, 4) is 0 Å². The molecule has 1 aromatic heterocycles. The fourth-order valence-electron chi connectivity index (χ4n) is 5.46. The first-order valence-corrected chi connectivity index (χ1v) is 11.7. The number of carbonyl (C=O) groups is 1. The predicted molar refractivity (Wildman–Crippen MR) is 123 cm³/mol. The zero-order valence-electron chi connectivity index (χ0n) is 18.2. The zero-order valence-corrected chi connectivity index (χ0v) is 18.2. The number of likely N-dealkylation sites (tertiary alicyclic amines) is 1. The smallest absolute Gasteiger partial charge is 0.298 e. The van der Waals surface area contributed by atoms with Gasteiger partial charge in [0.05, 0.1) is 0 Å². The van der Waals surface area contributed by atoms with Gasteiger partial charge in [-0.3, -0.25) is 4.79 Å². The van der Waals surface area contributed by atoms with Gasteiger partial charge in [0, 0.05) is 37.5 Å². The maximum absolute atomic E-state index is 13.5. The molecule has 0 spiro atoms. The van der Waals surface area contributed by atoms with Crippen LogP contribution in [0.1, 0.15) is 50.5 Å². The number of aromatic nitrogens is 1. The van der Waals surface area contributed by atoms with Gasteiger partial charge in [-0.05, 0) is 49.8 Å².